The summed E-state index contributed by atoms with van der Waals surface area (Å²) in [6.07, 6.45) is 3.28. The van der Waals surface area contributed by atoms with Crippen molar-refractivity contribution in [1.82, 2.24) is 24.6 Å². The molecule has 1 N–H and O–H groups in total. The zero-order chi connectivity index (χ0) is 22.8. The highest BCUT2D eigenvalue weighted by Gasteiger charge is 2.28. The molecule has 2 amide bonds. The van der Waals surface area contributed by atoms with Crippen molar-refractivity contribution in [3.8, 4) is 11.3 Å². The zero-order valence-corrected chi connectivity index (χ0v) is 19.0. The molecule has 0 unspecified atom stereocenters. The van der Waals surface area contributed by atoms with Crippen molar-refractivity contribution in [2.24, 2.45) is 7.05 Å². The molecular formula is C24H30N6O3. The van der Waals surface area contributed by atoms with Crippen LogP contribution in [0.15, 0.2) is 36.5 Å². The normalized spacial score (nSPS) is 16.9. The van der Waals surface area contributed by atoms with Gasteiger partial charge in [0.15, 0.2) is 0 Å². The van der Waals surface area contributed by atoms with E-state index in [0.29, 0.717) is 25.3 Å². The Hall–Kier alpha value is -3.17. The Morgan fingerprint density at radius 1 is 1.18 bits per heavy atom. The third kappa shape index (κ3) is 4.51. The summed E-state index contributed by atoms with van der Waals surface area (Å²) < 4.78 is 9.28. The van der Waals surface area contributed by atoms with Crippen molar-refractivity contribution in [3.63, 3.8) is 0 Å². The molecule has 0 bridgehead atoms. The first kappa shape index (κ1) is 21.7. The lowest BCUT2D eigenvalue weighted by molar-refractivity contribution is -0.124. The topological polar surface area (TPSA) is 84.6 Å². The summed E-state index contributed by atoms with van der Waals surface area (Å²) in [6.45, 7) is 5.51. The molecule has 0 saturated carbocycles. The Kier molecular flexibility index (Phi) is 6.15. The standard InChI is InChI=1S/C24H30N6O3/c1-27-16-19(18-5-2-3-6-21(18)27)20-15-23-29(24(32)7-10-30(23)26-20)17-22(31)25-8-4-9-28-11-13-33-14-12-28/h2-3,5-6,15-16H,4,7-14,17H2,1H3,(H,25,31). The minimum Gasteiger partial charge on any atom is -0.379 e. The maximum absolute atomic E-state index is 12.7. The van der Waals surface area contributed by atoms with E-state index in [0.717, 1.165) is 61.4 Å². The first-order valence-electron chi connectivity index (χ1n) is 11.6. The van der Waals surface area contributed by atoms with Gasteiger partial charge in [-0.05, 0) is 19.0 Å². The fourth-order valence-corrected chi connectivity index (χ4v) is 4.65. The molecule has 2 aromatic heterocycles. The van der Waals surface area contributed by atoms with Crippen LogP contribution in [0.4, 0.5) is 5.82 Å². The van der Waals surface area contributed by atoms with Gasteiger partial charge in [0.05, 0.1) is 25.5 Å². The third-order valence-corrected chi connectivity index (χ3v) is 6.43. The summed E-state index contributed by atoms with van der Waals surface area (Å²) in [4.78, 5) is 29.2. The molecule has 0 radical (unpaired) electrons. The minimum absolute atomic E-state index is 0.0110. The van der Waals surface area contributed by atoms with E-state index in [-0.39, 0.29) is 18.4 Å². The molecule has 0 spiro atoms. The summed E-state index contributed by atoms with van der Waals surface area (Å²) >= 11 is 0. The monoisotopic (exact) mass is 450 g/mol. The summed E-state index contributed by atoms with van der Waals surface area (Å²) in [5.74, 6) is 0.486. The number of benzene rings is 1. The largest absolute Gasteiger partial charge is 0.379 e. The number of carbonyl (C=O) groups is 2. The maximum Gasteiger partial charge on any atom is 0.240 e. The minimum atomic E-state index is -0.147. The van der Waals surface area contributed by atoms with Crippen molar-refractivity contribution in [3.05, 3.63) is 36.5 Å². The number of ether oxygens (including phenoxy) is 1. The van der Waals surface area contributed by atoms with Gasteiger partial charge in [-0.1, -0.05) is 18.2 Å². The highest BCUT2D eigenvalue weighted by molar-refractivity contribution is 6.00. The molecule has 5 rings (SSSR count). The first-order chi connectivity index (χ1) is 16.1. The van der Waals surface area contributed by atoms with Crippen molar-refractivity contribution in [1.29, 1.82) is 0 Å². The lowest BCUT2D eigenvalue weighted by Crippen LogP contribution is -2.45. The highest BCUT2D eigenvalue weighted by atomic mass is 16.5. The Balaban J connectivity index is 1.26. The molecule has 9 nitrogen and oxygen atoms in total. The van der Waals surface area contributed by atoms with E-state index in [1.165, 1.54) is 0 Å². The second-order valence-electron chi connectivity index (χ2n) is 8.67. The van der Waals surface area contributed by atoms with Gasteiger partial charge >= 0.3 is 0 Å². The average molecular weight is 451 g/mol. The Morgan fingerprint density at radius 3 is 2.85 bits per heavy atom. The van der Waals surface area contributed by atoms with Crippen LogP contribution in [-0.2, 0) is 27.9 Å². The van der Waals surface area contributed by atoms with Crippen molar-refractivity contribution < 1.29 is 14.3 Å². The van der Waals surface area contributed by atoms with Gasteiger partial charge < -0.3 is 14.6 Å². The fraction of sp³-hybridized carbons (Fsp3) is 0.458. The Morgan fingerprint density at radius 2 is 2.00 bits per heavy atom. The zero-order valence-electron chi connectivity index (χ0n) is 19.0. The fourth-order valence-electron chi connectivity index (χ4n) is 4.65. The summed E-state index contributed by atoms with van der Waals surface area (Å²) in [7, 11) is 2.01. The van der Waals surface area contributed by atoms with Crippen LogP contribution in [-0.4, -0.2) is 77.0 Å². The molecule has 1 saturated heterocycles. The summed E-state index contributed by atoms with van der Waals surface area (Å²) in [5.41, 5.74) is 2.96. The summed E-state index contributed by atoms with van der Waals surface area (Å²) in [6, 6.07) is 10.1. The molecule has 3 aromatic rings. The van der Waals surface area contributed by atoms with Crippen LogP contribution in [0.1, 0.15) is 12.8 Å². The number of carbonyl (C=O) groups excluding carboxylic acids is 2. The molecular weight excluding hydrogens is 420 g/mol. The molecule has 9 heteroatoms. The van der Waals surface area contributed by atoms with Crippen LogP contribution in [0.2, 0.25) is 0 Å². The van der Waals surface area contributed by atoms with E-state index in [9.17, 15) is 9.59 Å². The average Bonchev–Trinajstić information content (AvgIpc) is 3.41. The van der Waals surface area contributed by atoms with Crippen LogP contribution >= 0.6 is 0 Å². The number of rotatable bonds is 7. The highest BCUT2D eigenvalue weighted by Crippen LogP contribution is 2.33. The lowest BCUT2D eigenvalue weighted by Gasteiger charge is -2.27. The Bertz CT molecular complexity index is 1160. The van der Waals surface area contributed by atoms with Gasteiger partial charge in [-0.25, -0.2) is 4.68 Å². The Labute approximate surface area is 192 Å². The van der Waals surface area contributed by atoms with Crippen LogP contribution in [0, 0.1) is 0 Å². The number of hydrogen-bond acceptors (Lipinski definition) is 5. The molecule has 1 fully saturated rings. The smallest absolute Gasteiger partial charge is 0.240 e. The predicted molar refractivity (Wildman–Crippen MR) is 126 cm³/mol. The number of aryl methyl sites for hydroxylation is 2. The first-order valence-corrected chi connectivity index (χ1v) is 11.6. The second-order valence-corrected chi connectivity index (χ2v) is 8.67. The van der Waals surface area contributed by atoms with Crippen LogP contribution in [0.5, 0.6) is 0 Å². The number of aromatic nitrogens is 3. The number of nitrogens with zero attached hydrogens (tertiary/aromatic N) is 5. The van der Waals surface area contributed by atoms with E-state index in [4.69, 9.17) is 9.84 Å². The summed E-state index contributed by atoms with van der Waals surface area (Å²) in [5, 5.41) is 8.85. The molecule has 2 aliphatic rings. The van der Waals surface area contributed by atoms with Gasteiger partial charge in [-0.2, -0.15) is 5.10 Å². The number of amides is 2. The maximum atomic E-state index is 12.7. The van der Waals surface area contributed by atoms with E-state index in [1.807, 2.05) is 29.9 Å². The van der Waals surface area contributed by atoms with Crippen molar-refractivity contribution in [2.45, 2.75) is 19.4 Å². The van der Waals surface area contributed by atoms with Gasteiger partial charge in [-0.3, -0.25) is 19.4 Å². The molecule has 174 valence electrons. The molecule has 33 heavy (non-hydrogen) atoms. The van der Waals surface area contributed by atoms with Gasteiger partial charge in [-0.15, -0.1) is 0 Å². The molecule has 2 aliphatic heterocycles. The number of morpholine rings is 1. The number of hydrogen-bond donors (Lipinski definition) is 1. The molecule has 1 aromatic carbocycles. The van der Waals surface area contributed by atoms with E-state index in [2.05, 4.69) is 33.1 Å². The SMILES string of the molecule is Cn1cc(-c2cc3n(n2)CCC(=O)N3CC(=O)NCCCN2CCOCC2)c2ccccc21. The van der Waals surface area contributed by atoms with E-state index < -0.39 is 0 Å². The number of anilines is 1. The number of fused-ring (bicyclic) bond motifs is 2. The van der Waals surface area contributed by atoms with Gasteiger partial charge in [0.25, 0.3) is 0 Å². The quantitative estimate of drug-likeness (QED) is 0.553. The lowest BCUT2D eigenvalue weighted by atomic mass is 10.1. The van der Waals surface area contributed by atoms with Gasteiger partial charge in [0.2, 0.25) is 11.8 Å². The number of nitrogens with one attached hydrogen (secondary N) is 1. The van der Waals surface area contributed by atoms with Gasteiger partial charge in [0, 0.05) is 61.8 Å². The number of para-hydroxylation sites is 1. The second kappa shape index (κ2) is 9.36. The van der Waals surface area contributed by atoms with E-state index in [1.54, 1.807) is 4.90 Å². The molecule has 0 aliphatic carbocycles. The van der Waals surface area contributed by atoms with Crippen LogP contribution in [0.25, 0.3) is 22.2 Å². The van der Waals surface area contributed by atoms with Crippen LogP contribution < -0.4 is 10.2 Å². The predicted octanol–water partition coefficient (Wildman–Crippen LogP) is 1.62. The van der Waals surface area contributed by atoms with Crippen molar-refractivity contribution in [2.75, 3.05) is 50.8 Å². The van der Waals surface area contributed by atoms with E-state index >= 15 is 0 Å². The molecule has 4 heterocycles. The third-order valence-electron chi connectivity index (χ3n) is 6.43. The van der Waals surface area contributed by atoms with Crippen molar-refractivity contribution >= 4 is 28.5 Å². The van der Waals surface area contributed by atoms with Gasteiger partial charge in [0.1, 0.15) is 12.4 Å². The molecule has 0 atom stereocenters. The van der Waals surface area contributed by atoms with Crippen LogP contribution in [0.3, 0.4) is 0 Å².